The van der Waals surface area contributed by atoms with Gasteiger partial charge in [-0.25, -0.2) is 14.8 Å². The van der Waals surface area contributed by atoms with Gasteiger partial charge in [-0.2, -0.15) is 0 Å². The van der Waals surface area contributed by atoms with Crippen molar-refractivity contribution in [2.45, 2.75) is 10.8 Å². The number of hydrogen-bond acceptors (Lipinski definition) is 7. The van der Waals surface area contributed by atoms with E-state index in [1.165, 1.54) is 30.2 Å². The van der Waals surface area contributed by atoms with Gasteiger partial charge in [-0.1, -0.05) is 16.9 Å². The molecule has 0 saturated carbocycles. The number of rotatable bonds is 4. The fraction of sp³-hybridized carbons (Fsp3) is 0.111. The van der Waals surface area contributed by atoms with Crippen molar-refractivity contribution in [3.8, 4) is 0 Å². The second kappa shape index (κ2) is 4.83. The molecule has 0 saturated heterocycles. The second-order valence-electron chi connectivity index (χ2n) is 3.02. The quantitative estimate of drug-likeness (QED) is 0.775. The number of nitrogen functional groups attached to an aromatic ring is 1. The smallest absolute Gasteiger partial charge is 0.358 e. The molecule has 0 bridgehead atoms. The molecule has 0 radical (unpaired) electrons. The number of aromatic carboxylic acids is 1. The van der Waals surface area contributed by atoms with Crippen molar-refractivity contribution in [3.63, 3.8) is 0 Å². The number of hydrogen-bond donors (Lipinski definition) is 2. The molecule has 2 aromatic heterocycles. The molecule has 0 atom stereocenters. The van der Waals surface area contributed by atoms with Gasteiger partial charge in [0, 0.05) is 18.5 Å². The van der Waals surface area contributed by atoms with Crippen LogP contribution >= 0.6 is 11.8 Å². The van der Waals surface area contributed by atoms with E-state index in [4.69, 9.17) is 15.4 Å². The third-order valence-corrected chi connectivity index (χ3v) is 2.84. The van der Waals surface area contributed by atoms with Crippen molar-refractivity contribution in [1.82, 2.24) is 15.1 Å². The molecule has 2 heterocycles. The SMILES string of the molecule is Nc1nccnc1SCc1cc(C(=O)O)no1. The Morgan fingerprint density at radius 2 is 2.24 bits per heavy atom. The van der Waals surface area contributed by atoms with Crippen LogP contribution in [0.3, 0.4) is 0 Å². The van der Waals surface area contributed by atoms with E-state index in [-0.39, 0.29) is 5.69 Å². The Hall–Kier alpha value is -2.09. The third-order valence-electron chi connectivity index (χ3n) is 1.82. The van der Waals surface area contributed by atoms with Gasteiger partial charge in [0.1, 0.15) is 10.8 Å². The summed E-state index contributed by atoms with van der Waals surface area (Å²) in [4.78, 5) is 18.5. The van der Waals surface area contributed by atoms with E-state index in [0.717, 1.165) is 0 Å². The Morgan fingerprint density at radius 1 is 1.47 bits per heavy atom. The summed E-state index contributed by atoms with van der Waals surface area (Å²) < 4.78 is 4.85. The van der Waals surface area contributed by atoms with Crippen LogP contribution in [-0.2, 0) is 5.75 Å². The molecule has 0 unspecified atom stereocenters. The first-order valence-corrected chi connectivity index (χ1v) is 5.53. The number of carboxylic acid groups (broad SMARTS) is 1. The molecule has 0 aromatic carbocycles. The maximum Gasteiger partial charge on any atom is 0.358 e. The van der Waals surface area contributed by atoms with Gasteiger partial charge >= 0.3 is 5.97 Å². The number of thioether (sulfide) groups is 1. The average Bonchev–Trinajstić information content (AvgIpc) is 2.77. The van der Waals surface area contributed by atoms with Gasteiger partial charge in [-0.15, -0.1) is 0 Å². The van der Waals surface area contributed by atoms with E-state index < -0.39 is 5.97 Å². The topological polar surface area (TPSA) is 115 Å². The van der Waals surface area contributed by atoms with Crippen LogP contribution in [0.1, 0.15) is 16.2 Å². The number of carbonyl (C=O) groups is 1. The van der Waals surface area contributed by atoms with Crippen molar-refractivity contribution >= 4 is 23.5 Å². The molecule has 8 heteroatoms. The normalized spacial score (nSPS) is 10.4. The zero-order valence-electron chi connectivity index (χ0n) is 8.53. The summed E-state index contributed by atoms with van der Waals surface area (Å²) in [6, 6.07) is 1.36. The summed E-state index contributed by atoms with van der Waals surface area (Å²) >= 11 is 1.30. The number of nitrogens with two attached hydrogens (primary N) is 1. The molecule has 7 nitrogen and oxygen atoms in total. The minimum absolute atomic E-state index is 0.118. The fourth-order valence-corrected chi connectivity index (χ4v) is 1.82. The highest BCUT2D eigenvalue weighted by atomic mass is 32.2. The number of carboxylic acids is 1. The molecule has 3 N–H and O–H groups in total. The van der Waals surface area contributed by atoms with Crippen molar-refractivity contribution in [3.05, 3.63) is 29.9 Å². The molecule has 0 fully saturated rings. The lowest BCUT2D eigenvalue weighted by molar-refractivity contribution is 0.0685. The Balaban J connectivity index is 2.02. The Morgan fingerprint density at radius 3 is 2.88 bits per heavy atom. The van der Waals surface area contributed by atoms with Crippen LogP contribution in [0.2, 0.25) is 0 Å². The summed E-state index contributed by atoms with van der Waals surface area (Å²) in [6.07, 6.45) is 3.03. The van der Waals surface area contributed by atoms with Gasteiger partial charge in [0.2, 0.25) is 0 Å². The van der Waals surface area contributed by atoms with E-state index in [9.17, 15) is 4.79 Å². The first-order chi connectivity index (χ1) is 8.16. The van der Waals surface area contributed by atoms with E-state index >= 15 is 0 Å². The highest BCUT2D eigenvalue weighted by molar-refractivity contribution is 7.98. The van der Waals surface area contributed by atoms with Crippen LogP contribution < -0.4 is 5.73 Å². The van der Waals surface area contributed by atoms with E-state index in [2.05, 4.69) is 15.1 Å². The minimum atomic E-state index is -1.12. The van der Waals surface area contributed by atoms with Crippen molar-refractivity contribution in [1.29, 1.82) is 0 Å². The van der Waals surface area contributed by atoms with Crippen LogP contribution in [-0.4, -0.2) is 26.2 Å². The van der Waals surface area contributed by atoms with Gasteiger partial charge in [0.05, 0.1) is 5.75 Å². The minimum Gasteiger partial charge on any atom is -0.476 e. The summed E-state index contributed by atoms with van der Waals surface area (Å²) in [7, 11) is 0. The highest BCUT2D eigenvalue weighted by Crippen LogP contribution is 2.24. The first kappa shape index (κ1) is 11.4. The Labute approximate surface area is 100 Å². The summed E-state index contributed by atoms with van der Waals surface area (Å²) in [6.45, 7) is 0. The van der Waals surface area contributed by atoms with Crippen molar-refractivity contribution < 1.29 is 14.4 Å². The maximum absolute atomic E-state index is 10.6. The lowest BCUT2D eigenvalue weighted by Crippen LogP contribution is -1.95. The van der Waals surface area contributed by atoms with E-state index in [0.29, 0.717) is 22.4 Å². The average molecular weight is 252 g/mol. The first-order valence-electron chi connectivity index (χ1n) is 4.55. The monoisotopic (exact) mass is 252 g/mol. The van der Waals surface area contributed by atoms with Crippen LogP contribution in [0, 0.1) is 0 Å². The van der Waals surface area contributed by atoms with Crippen LogP contribution in [0.4, 0.5) is 5.82 Å². The van der Waals surface area contributed by atoms with Gasteiger partial charge in [0.15, 0.2) is 11.5 Å². The number of aromatic nitrogens is 3. The van der Waals surface area contributed by atoms with Gasteiger partial charge in [-0.05, 0) is 0 Å². The standard InChI is InChI=1S/C9H8N4O3S/c10-7-8(12-2-1-11-7)17-4-5-3-6(9(14)15)13-16-5/h1-3H,4H2,(H2,10,11)(H,14,15). The summed E-state index contributed by atoms with van der Waals surface area (Å²) in [5.74, 6) is 0.0420. The Bertz CT molecular complexity index is 543. The fourth-order valence-electron chi connectivity index (χ4n) is 1.07. The van der Waals surface area contributed by atoms with Crippen molar-refractivity contribution in [2.75, 3.05) is 5.73 Å². The summed E-state index contributed by atoms with van der Waals surface area (Å²) in [5, 5.41) is 12.6. The lowest BCUT2D eigenvalue weighted by Gasteiger charge is -1.99. The van der Waals surface area contributed by atoms with E-state index in [1.807, 2.05) is 0 Å². The lowest BCUT2D eigenvalue weighted by atomic mass is 10.4. The second-order valence-corrected chi connectivity index (χ2v) is 3.98. The van der Waals surface area contributed by atoms with Gasteiger partial charge < -0.3 is 15.4 Å². The summed E-state index contributed by atoms with van der Waals surface area (Å²) in [5.41, 5.74) is 5.49. The van der Waals surface area contributed by atoms with Crippen LogP contribution in [0.5, 0.6) is 0 Å². The Kier molecular flexibility index (Phi) is 3.24. The zero-order valence-corrected chi connectivity index (χ0v) is 9.35. The predicted octanol–water partition coefficient (Wildman–Crippen LogP) is 1.04. The number of nitrogens with zero attached hydrogens (tertiary/aromatic N) is 3. The number of anilines is 1. The largest absolute Gasteiger partial charge is 0.476 e. The van der Waals surface area contributed by atoms with Crippen molar-refractivity contribution in [2.24, 2.45) is 0 Å². The maximum atomic E-state index is 10.6. The van der Waals surface area contributed by atoms with Gasteiger partial charge in [0.25, 0.3) is 0 Å². The molecule has 0 aliphatic carbocycles. The molecule has 2 aromatic rings. The molecular formula is C9H8N4O3S. The molecular weight excluding hydrogens is 244 g/mol. The molecule has 2 rings (SSSR count). The zero-order chi connectivity index (χ0) is 12.3. The van der Waals surface area contributed by atoms with Gasteiger partial charge in [-0.3, -0.25) is 0 Å². The predicted molar refractivity (Wildman–Crippen MR) is 59.5 cm³/mol. The molecule has 0 aliphatic rings. The molecule has 17 heavy (non-hydrogen) atoms. The highest BCUT2D eigenvalue weighted by Gasteiger charge is 2.11. The molecule has 0 amide bonds. The van der Waals surface area contributed by atoms with Crippen LogP contribution in [0.15, 0.2) is 28.0 Å². The molecule has 88 valence electrons. The molecule has 0 spiro atoms. The van der Waals surface area contributed by atoms with Crippen LogP contribution in [0.25, 0.3) is 0 Å². The third kappa shape index (κ3) is 2.72. The van der Waals surface area contributed by atoms with E-state index in [1.54, 1.807) is 0 Å². The molecule has 0 aliphatic heterocycles.